The van der Waals surface area contributed by atoms with Crippen LogP contribution in [0.5, 0.6) is 0 Å². The van der Waals surface area contributed by atoms with Crippen LogP contribution in [0.25, 0.3) is 0 Å². The molecule has 2 aromatic rings. The highest BCUT2D eigenvalue weighted by Crippen LogP contribution is 2.41. The van der Waals surface area contributed by atoms with Crippen molar-refractivity contribution in [3.8, 4) is 0 Å². The van der Waals surface area contributed by atoms with Gasteiger partial charge >= 0.3 is 12.1 Å². The molecule has 0 aromatic heterocycles. The molecule has 1 saturated heterocycles. The van der Waals surface area contributed by atoms with Crippen molar-refractivity contribution in [2.24, 2.45) is 5.92 Å². The number of likely N-dealkylation sites (tertiary alicyclic amines) is 1. The smallest absolute Gasteiger partial charge is 0.411 e. The van der Waals surface area contributed by atoms with Gasteiger partial charge in [-0.2, -0.15) is 0 Å². The highest BCUT2D eigenvalue weighted by Gasteiger charge is 2.60. The minimum atomic E-state index is -1.59. The number of esters is 1. The first-order valence-electron chi connectivity index (χ1n) is 11.1. The van der Waals surface area contributed by atoms with Crippen molar-refractivity contribution in [2.75, 3.05) is 20.2 Å². The highest BCUT2D eigenvalue weighted by molar-refractivity contribution is 6.21. The number of nitrogens with zero attached hydrogens (tertiary/aromatic N) is 2. The number of hydrogen-bond acceptors (Lipinski definition) is 6. The summed E-state index contributed by atoms with van der Waals surface area (Å²) in [6.45, 7) is 3.69. The molecule has 2 aliphatic heterocycles. The summed E-state index contributed by atoms with van der Waals surface area (Å²) in [5.41, 5.74) is -0.265. The van der Waals surface area contributed by atoms with Crippen molar-refractivity contribution >= 4 is 23.9 Å². The second-order valence-corrected chi connectivity index (χ2v) is 8.36. The predicted octanol–water partition coefficient (Wildman–Crippen LogP) is 3.43. The minimum Gasteiger partial charge on any atom is -0.467 e. The number of benzene rings is 2. The Balaban J connectivity index is 1.68. The minimum absolute atomic E-state index is 0.0204. The summed E-state index contributed by atoms with van der Waals surface area (Å²) in [4.78, 5) is 55.1. The quantitative estimate of drug-likeness (QED) is 0.356. The first-order valence-corrected chi connectivity index (χ1v) is 11.1. The number of imide groups is 1. The molecule has 2 aliphatic rings. The van der Waals surface area contributed by atoms with Crippen LogP contribution in [0.2, 0.25) is 0 Å². The van der Waals surface area contributed by atoms with Gasteiger partial charge in [-0.05, 0) is 30.5 Å². The Morgan fingerprint density at radius 3 is 2.26 bits per heavy atom. The van der Waals surface area contributed by atoms with Crippen LogP contribution in [0.1, 0.15) is 39.1 Å². The Bertz CT molecular complexity index is 1100. The van der Waals surface area contributed by atoms with Crippen LogP contribution in [0, 0.1) is 5.92 Å². The summed E-state index contributed by atoms with van der Waals surface area (Å²) in [6, 6.07) is 15.7. The van der Waals surface area contributed by atoms with Gasteiger partial charge in [-0.25, -0.2) is 9.59 Å². The standard InChI is InChI=1S/C26H26N2O6/c1-3-9-19-14-15-28(25(32)34-16-18-10-5-4-6-11-18)26(19,24(31)33-2)17-27-22(29)20-12-7-8-13-21(20)23(27)30/h3-8,10-13,19H,1,9,14-17H2,2H3. The number of rotatable bonds is 7. The van der Waals surface area contributed by atoms with Gasteiger partial charge in [0.25, 0.3) is 11.8 Å². The zero-order chi connectivity index (χ0) is 24.3. The summed E-state index contributed by atoms with van der Waals surface area (Å²) in [7, 11) is 1.23. The molecule has 0 radical (unpaired) electrons. The van der Waals surface area contributed by atoms with Gasteiger partial charge in [0.1, 0.15) is 6.61 Å². The van der Waals surface area contributed by atoms with Gasteiger partial charge < -0.3 is 9.47 Å². The third kappa shape index (κ3) is 3.85. The van der Waals surface area contributed by atoms with Gasteiger partial charge in [-0.15, -0.1) is 6.58 Å². The number of ether oxygens (including phenoxy) is 2. The van der Waals surface area contributed by atoms with Gasteiger partial charge in [0.2, 0.25) is 0 Å². The Morgan fingerprint density at radius 1 is 1.06 bits per heavy atom. The molecular formula is C26H26N2O6. The summed E-state index contributed by atoms with van der Waals surface area (Å²) in [5, 5.41) is 0. The van der Waals surface area contributed by atoms with Crippen molar-refractivity contribution in [3.05, 3.63) is 83.9 Å². The van der Waals surface area contributed by atoms with Crippen LogP contribution in [0.4, 0.5) is 4.79 Å². The SMILES string of the molecule is C=CCC1CCN(C(=O)OCc2ccccc2)C1(CN1C(=O)c2ccccc2C1=O)C(=O)OC. The van der Waals surface area contributed by atoms with E-state index in [1.54, 1.807) is 30.3 Å². The number of fused-ring (bicyclic) bond motifs is 1. The zero-order valence-corrected chi connectivity index (χ0v) is 18.9. The fourth-order valence-corrected chi connectivity index (χ4v) is 4.87. The molecule has 8 nitrogen and oxygen atoms in total. The number of allylic oxidation sites excluding steroid dienone is 1. The second kappa shape index (κ2) is 9.51. The Morgan fingerprint density at radius 2 is 1.68 bits per heavy atom. The topological polar surface area (TPSA) is 93.2 Å². The molecule has 0 aliphatic carbocycles. The second-order valence-electron chi connectivity index (χ2n) is 8.36. The van der Waals surface area contributed by atoms with E-state index in [0.717, 1.165) is 10.5 Å². The van der Waals surface area contributed by atoms with Gasteiger partial charge in [0.15, 0.2) is 5.54 Å². The van der Waals surface area contributed by atoms with Crippen molar-refractivity contribution in [1.82, 2.24) is 9.80 Å². The van der Waals surface area contributed by atoms with Crippen LogP contribution in [0.3, 0.4) is 0 Å². The molecule has 34 heavy (non-hydrogen) atoms. The lowest BCUT2D eigenvalue weighted by Gasteiger charge is -2.40. The molecule has 1 fully saturated rings. The van der Waals surface area contributed by atoms with Crippen molar-refractivity contribution in [2.45, 2.75) is 25.0 Å². The monoisotopic (exact) mass is 462 g/mol. The van der Waals surface area contributed by atoms with E-state index in [4.69, 9.17) is 9.47 Å². The van der Waals surface area contributed by atoms with Crippen LogP contribution < -0.4 is 0 Å². The van der Waals surface area contributed by atoms with Crippen LogP contribution in [-0.4, -0.2) is 59.4 Å². The first kappa shape index (κ1) is 23.2. The number of carbonyl (C=O) groups is 4. The molecule has 2 unspecified atom stereocenters. The zero-order valence-electron chi connectivity index (χ0n) is 18.9. The van der Waals surface area contributed by atoms with Crippen molar-refractivity contribution in [3.63, 3.8) is 0 Å². The molecule has 2 atom stereocenters. The van der Waals surface area contributed by atoms with Gasteiger partial charge in [0, 0.05) is 12.5 Å². The van der Waals surface area contributed by atoms with Crippen LogP contribution in [0.15, 0.2) is 67.3 Å². The summed E-state index contributed by atoms with van der Waals surface area (Å²) in [5.74, 6) is -2.13. The Labute approximate surface area is 197 Å². The number of hydrogen-bond donors (Lipinski definition) is 0. The molecule has 0 spiro atoms. The maximum atomic E-state index is 13.3. The number of carbonyl (C=O) groups excluding carboxylic acids is 4. The lowest BCUT2D eigenvalue weighted by molar-refractivity contribution is -0.155. The average Bonchev–Trinajstić information content (AvgIpc) is 3.34. The van der Waals surface area contributed by atoms with E-state index in [2.05, 4.69) is 6.58 Å². The van der Waals surface area contributed by atoms with Gasteiger partial charge in [0.05, 0.1) is 24.8 Å². The summed E-state index contributed by atoms with van der Waals surface area (Å²) in [6.07, 6.45) is 1.80. The first-order chi connectivity index (χ1) is 16.4. The largest absolute Gasteiger partial charge is 0.467 e. The fraction of sp³-hybridized carbons (Fsp3) is 0.308. The van der Waals surface area contributed by atoms with E-state index >= 15 is 0 Å². The Hall–Kier alpha value is -3.94. The molecule has 2 aromatic carbocycles. The van der Waals surface area contributed by atoms with E-state index in [9.17, 15) is 19.2 Å². The molecule has 4 rings (SSSR count). The third-order valence-electron chi connectivity index (χ3n) is 6.55. The summed E-state index contributed by atoms with van der Waals surface area (Å²) < 4.78 is 10.7. The molecule has 0 N–H and O–H groups in total. The third-order valence-corrected chi connectivity index (χ3v) is 6.55. The lowest BCUT2D eigenvalue weighted by Crippen LogP contribution is -2.63. The number of amides is 3. The normalized spacial score (nSPS) is 21.4. The van der Waals surface area contributed by atoms with Crippen LogP contribution >= 0.6 is 0 Å². The summed E-state index contributed by atoms with van der Waals surface area (Å²) >= 11 is 0. The fourth-order valence-electron chi connectivity index (χ4n) is 4.87. The van der Waals surface area contributed by atoms with Crippen molar-refractivity contribution < 1.29 is 28.7 Å². The van der Waals surface area contributed by atoms with E-state index in [0.29, 0.717) is 12.8 Å². The van der Waals surface area contributed by atoms with Gasteiger partial charge in [-0.1, -0.05) is 48.5 Å². The van der Waals surface area contributed by atoms with E-state index in [1.807, 2.05) is 30.3 Å². The van der Waals surface area contributed by atoms with Crippen molar-refractivity contribution in [1.29, 1.82) is 0 Å². The van der Waals surface area contributed by atoms with E-state index in [-0.39, 0.29) is 30.8 Å². The lowest BCUT2D eigenvalue weighted by atomic mass is 9.81. The predicted molar refractivity (Wildman–Crippen MR) is 123 cm³/mol. The molecular weight excluding hydrogens is 436 g/mol. The average molecular weight is 463 g/mol. The maximum absolute atomic E-state index is 13.3. The highest BCUT2D eigenvalue weighted by atomic mass is 16.6. The van der Waals surface area contributed by atoms with Gasteiger partial charge in [-0.3, -0.25) is 19.4 Å². The van der Waals surface area contributed by atoms with E-state index in [1.165, 1.54) is 12.0 Å². The number of methoxy groups -OCH3 is 1. The van der Waals surface area contributed by atoms with Crippen LogP contribution in [-0.2, 0) is 20.9 Å². The molecule has 3 amide bonds. The molecule has 0 bridgehead atoms. The Kier molecular flexibility index (Phi) is 6.49. The van der Waals surface area contributed by atoms with E-state index < -0.39 is 35.3 Å². The molecule has 2 heterocycles. The molecule has 8 heteroatoms. The molecule has 0 saturated carbocycles. The maximum Gasteiger partial charge on any atom is 0.411 e. The molecule has 176 valence electrons.